The number of urea groups is 1. The minimum Gasteiger partial charge on any atom is -0.481 e. The molecule has 0 saturated heterocycles. The van der Waals surface area contributed by atoms with Crippen molar-refractivity contribution in [3.05, 3.63) is 59.2 Å². The van der Waals surface area contributed by atoms with Gasteiger partial charge in [-0.1, -0.05) is 51.7 Å². The van der Waals surface area contributed by atoms with Crippen molar-refractivity contribution < 1.29 is 42.5 Å². The Hall–Kier alpha value is -3.80. The number of halogens is 3. The van der Waals surface area contributed by atoms with E-state index in [0.29, 0.717) is 11.5 Å². The summed E-state index contributed by atoms with van der Waals surface area (Å²) >= 11 is 0. The first-order chi connectivity index (χ1) is 21.0. The first-order valence-corrected chi connectivity index (χ1v) is 15.2. The van der Waals surface area contributed by atoms with Gasteiger partial charge in [0.1, 0.15) is 5.75 Å². The number of benzene rings is 2. The molecule has 248 valence electrons. The number of carbonyl (C=O) groups excluding carboxylic acids is 2. The predicted molar refractivity (Wildman–Crippen MR) is 164 cm³/mol. The number of carbonyl (C=O) groups is 3. The third kappa shape index (κ3) is 10.7. The van der Waals surface area contributed by atoms with Gasteiger partial charge in [-0.05, 0) is 73.4 Å². The van der Waals surface area contributed by atoms with Crippen molar-refractivity contribution in [1.29, 1.82) is 0 Å². The highest BCUT2D eigenvalue weighted by Gasteiger charge is 2.34. The normalized spacial score (nSPS) is 18.8. The van der Waals surface area contributed by atoms with Crippen molar-refractivity contribution in [2.24, 2.45) is 11.8 Å². The molecule has 2 aromatic rings. The Balaban J connectivity index is 0.00000552. The molecule has 12 heteroatoms. The summed E-state index contributed by atoms with van der Waals surface area (Å²) in [6, 6.07) is 9.87. The van der Waals surface area contributed by atoms with E-state index in [1.807, 2.05) is 0 Å². The molecular weight excluding hydrogens is 591 g/mol. The van der Waals surface area contributed by atoms with E-state index in [9.17, 15) is 32.7 Å². The molecule has 0 radical (unpaired) electrons. The van der Waals surface area contributed by atoms with Crippen molar-refractivity contribution in [3.8, 4) is 5.75 Å². The molecule has 2 aliphatic rings. The van der Waals surface area contributed by atoms with Gasteiger partial charge >= 0.3 is 18.4 Å². The predicted octanol–water partition coefficient (Wildman–Crippen LogP) is 7.09. The maximum atomic E-state index is 13.7. The first kappa shape index (κ1) is 35.7. The monoisotopic (exact) mass is 635 g/mol. The molecule has 0 bridgehead atoms. The molecule has 3 amide bonds. The number of carboxylic acid groups (broad SMARTS) is 1. The van der Waals surface area contributed by atoms with Crippen molar-refractivity contribution in [2.75, 3.05) is 11.9 Å². The molecule has 4 N–H and O–H groups in total. The number of amides is 3. The summed E-state index contributed by atoms with van der Waals surface area (Å²) in [5.41, 5.74) is 1.25. The van der Waals surface area contributed by atoms with Crippen LogP contribution >= 0.6 is 0 Å². The summed E-state index contributed by atoms with van der Waals surface area (Å²) in [5, 5.41) is 23.7. The van der Waals surface area contributed by atoms with E-state index in [-0.39, 0.29) is 44.2 Å². The van der Waals surface area contributed by atoms with E-state index in [1.54, 1.807) is 29.2 Å². The fourth-order valence-electron chi connectivity index (χ4n) is 6.40. The Morgan fingerprint density at radius 2 is 1.56 bits per heavy atom. The van der Waals surface area contributed by atoms with Gasteiger partial charge in [-0.3, -0.25) is 9.59 Å². The van der Waals surface area contributed by atoms with E-state index in [4.69, 9.17) is 5.11 Å². The minimum absolute atomic E-state index is 0. The Kier molecular flexibility index (Phi) is 13.1. The number of hydrogen-bond donors (Lipinski definition) is 4. The third-order valence-electron chi connectivity index (χ3n) is 8.66. The number of aliphatic hydroxyl groups is 1. The Labute approximate surface area is 262 Å². The second-order valence-corrected chi connectivity index (χ2v) is 11.6. The number of carboxylic acids is 1. The summed E-state index contributed by atoms with van der Waals surface area (Å²) in [6.07, 6.45) is 4.96. The van der Waals surface area contributed by atoms with E-state index in [0.717, 1.165) is 43.2 Å². The molecule has 2 fully saturated rings. The molecule has 2 aromatic carbocycles. The fourth-order valence-corrected chi connectivity index (χ4v) is 6.40. The summed E-state index contributed by atoms with van der Waals surface area (Å²) in [5.74, 6) is -0.571. The number of nitrogens with zero attached hydrogens (tertiary/aromatic N) is 1. The minimum atomic E-state index is -4.92. The molecular formula is C33H44F3N3O6. The van der Waals surface area contributed by atoms with Gasteiger partial charge < -0.3 is 30.5 Å². The number of nitrogens with one attached hydrogen (secondary N) is 2. The zero-order valence-corrected chi connectivity index (χ0v) is 24.6. The Morgan fingerprint density at radius 1 is 0.911 bits per heavy atom. The average molecular weight is 636 g/mol. The van der Waals surface area contributed by atoms with Crippen LogP contribution < -0.4 is 15.4 Å². The topological polar surface area (TPSA) is 128 Å². The molecule has 4 rings (SSSR count). The highest BCUT2D eigenvalue weighted by atomic mass is 19.4. The molecule has 9 nitrogen and oxygen atoms in total. The number of rotatable bonds is 11. The number of ether oxygens (including phenoxy) is 1. The fraction of sp³-hybridized carbons (Fsp3) is 0.545. The number of anilines is 1. The number of aliphatic hydroxyl groups excluding tert-OH is 1. The van der Waals surface area contributed by atoms with Gasteiger partial charge in [-0.2, -0.15) is 0 Å². The summed E-state index contributed by atoms with van der Waals surface area (Å²) < 4.78 is 42.3. The summed E-state index contributed by atoms with van der Waals surface area (Å²) in [4.78, 5) is 38.5. The van der Waals surface area contributed by atoms with Crippen molar-refractivity contribution in [3.63, 3.8) is 0 Å². The van der Waals surface area contributed by atoms with Crippen LogP contribution in [0.2, 0.25) is 0 Å². The standard InChI is InChI=1S/C32H40F3N3O6.CH4/c33-32(34,35)44-28-15-12-26(18-25(28)20-39)37-31(43)38(27-13-10-23(11-14-27)22-4-2-1-3-5-22)19-21-6-8-24(9-7-21)30(42)36-17-16-29(40)41;/h6-9,12,15,18,22-23,27,39H,1-5,10-11,13-14,16-17,19-20H2,(H,36,42)(H,37,43)(H,40,41);1H4. The lowest BCUT2D eigenvalue weighted by atomic mass is 9.72. The third-order valence-corrected chi connectivity index (χ3v) is 8.66. The van der Waals surface area contributed by atoms with E-state index in [2.05, 4.69) is 15.4 Å². The van der Waals surface area contributed by atoms with Crippen molar-refractivity contribution >= 4 is 23.6 Å². The van der Waals surface area contributed by atoms with Gasteiger partial charge in [-0.15, -0.1) is 13.2 Å². The molecule has 0 spiro atoms. The van der Waals surface area contributed by atoms with Crippen LogP contribution in [0.5, 0.6) is 5.75 Å². The first-order valence-electron chi connectivity index (χ1n) is 15.2. The Morgan fingerprint density at radius 3 is 2.16 bits per heavy atom. The zero-order chi connectivity index (χ0) is 31.7. The van der Waals surface area contributed by atoms with E-state index < -0.39 is 36.6 Å². The lowest BCUT2D eigenvalue weighted by Crippen LogP contribution is -2.44. The zero-order valence-electron chi connectivity index (χ0n) is 24.6. The molecule has 0 atom stereocenters. The number of hydrogen-bond acceptors (Lipinski definition) is 5. The Bertz CT molecular complexity index is 1270. The van der Waals surface area contributed by atoms with Crippen molar-refractivity contribution in [2.45, 2.75) is 97.2 Å². The van der Waals surface area contributed by atoms with Crippen LogP contribution in [0, 0.1) is 11.8 Å². The van der Waals surface area contributed by atoms with Gasteiger partial charge in [-0.25, -0.2) is 4.79 Å². The maximum Gasteiger partial charge on any atom is 0.573 e. The average Bonchev–Trinajstić information content (AvgIpc) is 3.00. The molecule has 2 saturated carbocycles. The van der Waals surface area contributed by atoms with Crippen LogP contribution in [0.4, 0.5) is 23.7 Å². The van der Waals surface area contributed by atoms with Crippen LogP contribution in [-0.2, 0) is 17.9 Å². The quantitative estimate of drug-likeness (QED) is 0.209. The number of aliphatic carboxylic acids is 1. The van der Waals surface area contributed by atoms with Gasteiger partial charge in [0.15, 0.2) is 0 Å². The van der Waals surface area contributed by atoms with Crippen LogP contribution in [-0.4, -0.2) is 52.0 Å². The largest absolute Gasteiger partial charge is 0.573 e. The molecule has 0 heterocycles. The van der Waals surface area contributed by atoms with Gasteiger partial charge in [0, 0.05) is 35.9 Å². The van der Waals surface area contributed by atoms with Crippen LogP contribution in [0.3, 0.4) is 0 Å². The van der Waals surface area contributed by atoms with Crippen LogP contribution in [0.15, 0.2) is 42.5 Å². The summed E-state index contributed by atoms with van der Waals surface area (Å²) in [7, 11) is 0. The van der Waals surface area contributed by atoms with Gasteiger partial charge in [0.2, 0.25) is 0 Å². The molecule has 0 aliphatic heterocycles. The maximum absolute atomic E-state index is 13.7. The summed E-state index contributed by atoms with van der Waals surface area (Å²) in [6.45, 7) is -0.456. The second kappa shape index (κ2) is 16.5. The SMILES string of the molecule is C.O=C(O)CCNC(=O)c1ccc(CN(C(=O)Nc2ccc(OC(F)(F)F)c(CO)c2)C2CCC(C3CCCCC3)CC2)cc1. The lowest BCUT2D eigenvalue weighted by Gasteiger charge is -2.40. The number of alkyl halides is 3. The lowest BCUT2D eigenvalue weighted by molar-refractivity contribution is -0.275. The molecule has 0 aromatic heterocycles. The highest BCUT2D eigenvalue weighted by molar-refractivity contribution is 5.94. The smallest absolute Gasteiger partial charge is 0.481 e. The van der Waals surface area contributed by atoms with E-state index >= 15 is 0 Å². The highest BCUT2D eigenvalue weighted by Crippen LogP contribution is 2.40. The van der Waals surface area contributed by atoms with E-state index in [1.165, 1.54) is 44.2 Å². The van der Waals surface area contributed by atoms with Gasteiger partial charge in [0.25, 0.3) is 5.91 Å². The molecule has 2 aliphatic carbocycles. The molecule has 0 unspecified atom stereocenters. The van der Waals surface area contributed by atoms with Crippen LogP contribution in [0.25, 0.3) is 0 Å². The second-order valence-electron chi connectivity index (χ2n) is 11.6. The van der Waals surface area contributed by atoms with Crippen molar-refractivity contribution in [1.82, 2.24) is 10.2 Å². The van der Waals surface area contributed by atoms with Crippen LogP contribution in [0.1, 0.15) is 93.1 Å². The van der Waals surface area contributed by atoms with Gasteiger partial charge in [0.05, 0.1) is 13.0 Å². The molecule has 45 heavy (non-hydrogen) atoms.